The first-order chi connectivity index (χ1) is 9.86. The Morgan fingerprint density at radius 1 is 1.00 bits per heavy atom. The molecule has 0 bridgehead atoms. The Morgan fingerprint density at radius 3 is 2.05 bits per heavy atom. The van der Waals surface area contributed by atoms with Crippen LogP contribution in [0.15, 0.2) is 0 Å². The van der Waals surface area contributed by atoms with Crippen molar-refractivity contribution in [3.05, 3.63) is 34.6 Å². The molecule has 2 atom stereocenters. The van der Waals surface area contributed by atoms with E-state index in [0.717, 1.165) is 12.8 Å². The molecule has 118 valence electrons. The molecule has 7 heteroatoms. The van der Waals surface area contributed by atoms with Crippen LogP contribution in [0.1, 0.15) is 25.3 Å². The molecule has 2 nitrogen and oxygen atoms in total. The van der Waals surface area contributed by atoms with E-state index in [0.29, 0.717) is 12.5 Å². The standard InChI is InChI=1S/C14H17F5N2/c1-7-2-3-21(8(4-7)5-20)6-9-10(15)12(17)14(19)13(18)11(9)16/h7-8H,2-6,20H2,1H3. The number of hydrogen-bond acceptors (Lipinski definition) is 2. The highest BCUT2D eigenvalue weighted by molar-refractivity contribution is 5.24. The molecule has 1 saturated heterocycles. The summed E-state index contributed by atoms with van der Waals surface area (Å²) < 4.78 is 66.8. The van der Waals surface area contributed by atoms with Crippen LogP contribution in [0.25, 0.3) is 0 Å². The third-order valence-electron chi connectivity index (χ3n) is 4.03. The third kappa shape index (κ3) is 3.03. The van der Waals surface area contributed by atoms with Crippen LogP contribution in [0, 0.1) is 35.0 Å². The number of likely N-dealkylation sites (tertiary alicyclic amines) is 1. The van der Waals surface area contributed by atoms with Crippen molar-refractivity contribution < 1.29 is 22.0 Å². The van der Waals surface area contributed by atoms with Crippen LogP contribution in [0.4, 0.5) is 22.0 Å². The van der Waals surface area contributed by atoms with Crippen molar-refractivity contribution >= 4 is 0 Å². The minimum Gasteiger partial charge on any atom is -0.329 e. The fourth-order valence-electron chi connectivity index (χ4n) is 2.75. The molecule has 2 unspecified atom stereocenters. The van der Waals surface area contributed by atoms with Crippen LogP contribution in [0.2, 0.25) is 0 Å². The molecule has 1 aliphatic heterocycles. The van der Waals surface area contributed by atoms with Gasteiger partial charge in [0.05, 0.1) is 0 Å². The molecule has 0 aliphatic carbocycles. The lowest BCUT2D eigenvalue weighted by molar-refractivity contribution is 0.111. The van der Waals surface area contributed by atoms with E-state index in [1.165, 1.54) is 0 Å². The zero-order chi connectivity index (χ0) is 15.7. The van der Waals surface area contributed by atoms with E-state index in [1.807, 2.05) is 6.92 Å². The maximum Gasteiger partial charge on any atom is 0.200 e. The summed E-state index contributed by atoms with van der Waals surface area (Å²) in [6.07, 6.45) is 1.54. The van der Waals surface area contributed by atoms with Crippen molar-refractivity contribution in [1.29, 1.82) is 0 Å². The number of benzene rings is 1. The van der Waals surface area contributed by atoms with Gasteiger partial charge in [0.15, 0.2) is 23.3 Å². The summed E-state index contributed by atoms with van der Waals surface area (Å²) in [4.78, 5) is 1.68. The van der Waals surface area contributed by atoms with Gasteiger partial charge in [-0.25, -0.2) is 22.0 Å². The van der Waals surface area contributed by atoms with E-state index in [2.05, 4.69) is 0 Å². The summed E-state index contributed by atoms with van der Waals surface area (Å²) in [5, 5.41) is 0. The maximum absolute atomic E-state index is 13.7. The van der Waals surface area contributed by atoms with Crippen LogP contribution >= 0.6 is 0 Å². The number of piperidine rings is 1. The predicted molar refractivity (Wildman–Crippen MR) is 67.9 cm³/mol. The predicted octanol–water partition coefficient (Wildman–Crippen LogP) is 2.94. The molecule has 0 amide bonds. The van der Waals surface area contributed by atoms with Gasteiger partial charge in [-0.3, -0.25) is 4.90 Å². The molecule has 1 heterocycles. The SMILES string of the molecule is CC1CCN(Cc2c(F)c(F)c(F)c(F)c2F)C(CN)C1. The Kier molecular flexibility index (Phi) is 4.83. The lowest BCUT2D eigenvalue weighted by atomic mass is 9.92. The van der Waals surface area contributed by atoms with Gasteiger partial charge in [-0.1, -0.05) is 6.92 Å². The summed E-state index contributed by atoms with van der Waals surface area (Å²) in [5.41, 5.74) is 4.84. The van der Waals surface area contributed by atoms with Gasteiger partial charge >= 0.3 is 0 Å². The Balaban J connectivity index is 2.31. The zero-order valence-electron chi connectivity index (χ0n) is 11.6. The van der Waals surface area contributed by atoms with Crippen molar-refractivity contribution in [3.8, 4) is 0 Å². The zero-order valence-corrected chi connectivity index (χ0v) is 11.6. The molecule has 21 heavy (non-hydrogen) atoms. The van der Waals surface area contributed by atoms with Gasteiger partial charge < -0.3 is 5.73 Å². The fourth-order valence-corrected chi connectivity index (χ4v) is 2.75. The van der Waals surface area contributed by atoms with Crippen LogP contribution in [-0.2, 0) is 6.54 Å². The van der Waals surface area contributed by atoms with Crippen molar-refractivity contribution in [1.82, 2.24) is 4.90 Å². The van der Waals surface area contributed by atoms with Crippen molar-refractivity contribution in [2.75, 3.05) is 13.1 Å². The van der Waals surface area contributed by atoms with Gasteiger partial charge in [0, 0.05) is 24.7 Å². The van der Waals surface area contributed by atoms with Crippen molar-refractivity contribution in [2.45, 2.75) is 32.4 Å². The largest absolute Gasteiger partial charge is 0.329 e. The minimum atomic E-state index is -2.13. The number of rotatable bonds is 3. The van der Waals surface area contributed by atoms with Crippen LogP contribution in [0.3, 0.4) is 0 Å². The molecule has 0 radical (unpaired) electrons. The van der Waals surface area contributed by atoms with E-state index in [9.17, 15) is 22.0 Å². The highest BCUT2D eigenvalue weighted by Gasteiger charge is 2.30. The number of nitrogens with two attached hydrogens (primary N) is 1. The quantitative estimate of drug-likeness (QED) is 0.528. The third-order valence-corrected chi connectivity index (χ3v) is 4.03. The fraction of sp³-hybridized carbons (Fsp3) is 0.571. The Bertz CT molecular complexity index is 506. The lowest BCUT2D eigenvalue weighted by Gasteiger charge is -2.38. The van der Waals surface area contributed by atoms with Crippen LogP contribution in [-0.4, -0.2) is 24.0 Å². The van der Waals surface area contributed by atoms with Gasteiger partial charge in [0.2, 0.25) is 5.82 Å². The molecule has 1 fully saturated rings. The van der Waals surface area contributed by atoms with E-state index in [1.54, 1.807) is 4.90 Å². The van der Waals surface area contributed by atoms with E-state index < -0.39 is 34.6 Å². The number of nitrogens with zero attached hydrogens (tertiary/aromatic N) is 1. The summed E-state index contributed by atoms with van der Waals surface area (Å²) >= 11 is 0. The molecule has 2 rings (SSSR count). The van der Waals surface area contributed by atoms with Crippen molar-refractivity contribution in [2.24, 2.45) is 11.7 Å². The lowest BCUT2D eigenvalue weighted by Crippen LogP contribution is -2.46. The number of hydrogen-bond donors (Lipinski definition) is 1. The molecule has 0 aromatic heterocycles. The molecule has 1 aromatic rings. The van der Waals surface area contributed by atoms with Gasteiger partial charge in [-0.05, 0) is 25.3 Å². The molecule has 1 aliphatic rings. The normalized spacial score (nSPS) is 23.6. The Hall–Kier alpha value is -1.21. The average molecular weight is 308 g/mol. The van der Waals surface area contributed by atoms with E-state index in [-0.39, 0.29) is 19.1 Å². The Labute approximate surface area is 119 Å². The van der Waals surface area contributed by atoms with Gasteiger partial charge in [-0.2, -0.15) is 0 Å². The summed E-state index contributed by atoms with van der Waals surface area (Å²) in [7, 11) is 0. The highest BCUT2D eigenvalue weighted by Crippen LogP contribution is 2.28. The first-order valence-corrected chi connectivity index (χ1v) is 6.81. The smallest absolute Gasteiger partial charge is 0.200 e. The summed E-state index contributed by atoms with van der Waals surface area (Å²) in [5.74, 6) is -9.04. The summed E-state index contributed by atoms with van der Waals surface area (Å²) in [6.45, 7) is 2.50. The number of halogens is 5. The first-order valence-electron chi connectivity index (χ1n) is 6.81. The second-order valence-corrected chi connectivity index (χ2v) is 5.54. The molecule has 1 aromatic carbocycles. The van der Waals surface area contributed by atoms with E-state index in [4.69, 9.17) is 5.73 Å². The first kappa shape index (κ1) is 16.2. The molecular weight excluding hydrogens is 291 g/mol. The van der Waals surface area contributed by atoms with Crippen molar-refractivity contribution in [3.63, 3.8) is 0 Å². The molecular formula is C14H17F5N2. The van der Waals surface area contributed by atoms with Crippen LogP contribution in [0.5, 0.6) is 0 Å². The minimum absolute atomic E-state index is 0.122. The van der Waals surface area contributed by atoms with E-state index >= 15 is 0 Å². The Morgan fingerprint density at radius 2 is 1.52 bits per heavy atom. The maximum atomic E-state index is 13.7. The monoisotopic (exact) mass is 308 g/mol. The highest BCUT2D eigenvalue weighted by atomic mass is 19.2. The van der Waals surface area contributed by atoms with Gasteiger partial charge in [0.25, 0.3) is 0 Å². The average Bonchev–Trinajstić information content (AvgIpc) is 2.48. The van der Waals surface area contributed by atoms with Gasteiger partial charge in [-0.15, -0.1) is 0 Å². The van der Waals surface area contributed by atoms with Gasteiger partial charge in [0.1, 0.15) is 0 Å². The molecule has 2 N–H and O–H groups in total. The summed E-state index contributed by atoms with van der Waals surface area (Å²) in [6, 6.07) is -0.122. The molecule has 0 spiro atoms. The topological polar surface area (TPSA) is 29.3 Å². The molecule has 0 saturated carbocycles. The van der Waals surface area contributed by atoms with Crippen LogP contribution < -0.4 is 5.73 Å². The second kappa shape index (κ2) is 6.27. The second-order valence-electron chi connectivity index (χ2n) is 5.54.